The monoisotopic (exact) mass is 446 g/mol. The molecule has 5 rings (SSSR count). The fraction of sp³-hybridized carbons (Fsp3) is 0.318. The molecule has 10 heteroatoms. The summed E-state index contributed by atoms with van der Waals surface area (Å²) in [7, 11) is 0. The van der Waals surface area contributed by atoms with Crippen LogP contribution >= 0.6 is 0 Å². The molecule has 6 nitrogen and oxygen atoms in total. The van der Waals surface area contributed by atoms with E-state index in [0.29, 0.717) is 25.9 Å². The molecule has 166 valence electrons. The fourth-order valence-corrected chi connectivity index (χ4v) is 4.62. The molecule has 1 saturated heterocycles. The molecule has 1 saturated carbocycles. The number of pyridine rings is 1. The highest BCUT2D eigenvalue weighted by molar-refractivity contribution is 5.95. The van der Waals surface area contributed by atoms with Gasteiger partial charge >= 0.3 is 6.18 Å². The lowest BCUT2D eigenvalue weighted by atomic mass is 9.60. The molecule has 0 bridgehead atoms. The summed E-state index contributed by atoms with van der Waals surface area (Å²) in [5, 5.41) is 13.7. The largest absolute Gasteiger partial charge is 0.508 e. The van der Waals surface area contributed by atoms with Gasteiger partial charge in [-0.25, -0.2) is 4.39 Å². The summed E-state index contributed by atoms with van der Waals surface area (Å²) in [6.45, 7) is 0.774. The van der Waals surface area contributed by atoms with Gasteiger partial charge in [0.15, 0.2) is 0 Å². The van der Waals surface area contributed by atoms with E-state index in [9.17, 15) is 27.5 Å². The van der Waals surface area contributed by atoms with Crippen LogP contribution in [0.5, 0.6) is 5.75 Å². The highest BCUT2D eigenvalue weighted by Gasteiger charge is 2.55. The molecule has 0 atom stereocenters. The van der Waals surface area contributed by atoms with Crippen molar-refractivity contribution in [3.63, 3.8) is 0 Å². The van der Waals surface area contributed by atoms with E-state index in [2.05, 4.69) is 10.1 Å². The number of nitrogens with zero attached hydrogens (tertiary/aromatic N) is 4. The second kappa shape index (κ2) is 7.04. The van der Waals surface area contributed by atoms with Crippen molar-refractivity contribution >= 4 is 5.91 Å². The minimum absolute atomic E-state index is 0.154. The molecule has 0 unspecified atom stereocenters. The number of likely N-dealkylation sites (tertiary alicyclic amines) is 1. The molecule has 2 aromatic heterocycles. The van der Waals surface area contributed by atoms with Gasteiger partial charge in [-0.05, 0) is 43.2 Å². The van der Waals surface area contributed by atoms with Gasteiger partial charge in [0, 0.05) is 30.9 Å². The van der Waals surface area contributed by atoms with Crippen LogP contribution in [-0.2, 0) is 6.18 Å². The number of amides is 1. The average Bonchev–Trinajstić information content (AvgIpc) is 3.14. The molecule has 1 N–H and O–H groups in total. The first kappa shape index (κ1) is 20.5. The summed E-state index contributed by atoms with van der Waals surface area (Å²) < 4.78 is 55.9. The molecular formula is C22H18F4N4O2. The number of aromatic nitrogens is 3. The smallest absolute Gasteiger partial charge is 0.420 e. The van der Waals surface area contributed by atoms with Crippen molar-refractivity contribution in [1.29, 1.82) is 0 Å². The van der Waals surface area contributed by atoms with Gasteiger partial charge in [-0.1, -0.05) is 6.07 Å². The Hall–Kier alpha value is -3.43. The maximum Gasteiger partial charge on any atom is 0.420 e. The van der Waals surface area contributed by atoms with Gasteiger partial charge in [-0.3, -0.25) is 14.5 Å². The van der Waals surface area contributed by atoms with Crippen LogP contribution in [0, 0.1) is 11.2 Å². The lowest BCUT2D eigenvalue weighted by molar-refractivity contribution is -0.137. The van der Waals surface area contributed by atoms with Crippen LogP contribution in [0.25, 0.3) is 11.4 Å². The number of phenols is 1. The molecule has 1 amide bonds. The Morgan fingerprint density at radius 1 is 1.16 bits per heavy atom. The third kappa shape index (κ3) is 3.39. The molecule has 1 aliphatic carbocycles. The third-order valence-electron chi connectivity index (χ3n) is 6.18. The molecule has 32 heavy (non-hydrogen) atoms. The topological polar surface area (TPSA) is 71.2 Å². The normalized spacial score (nSPS) is 17.8. The Bertz CT molecular complexity index is 1180. The molecule has 0 radical (unpaired) electrons. The lowest BCUT2D eigenvalue weighted by Gasteiger charge is -2.58. The van der Waals surface area contributed by atoms with Crippen LogP contribution in [0.4, 0.5) is 17.6 Å². The lowest BCUT2D eigenvalue weighted by Crippen LogP contribution is -2.63. The Balaban J connectivity index is 1.29. The van der Waals surface area contributed by atoms with Gasteiger partial charge in [-0.15, -0.1) is 0 Å². The quantitative estimate of drug-likeness (QED) is 0.610. The van der Waals surface area contributed by atoms with Crippen molar-refractivity contribution in [2.45, 2.75) is 25.1 Å². The zero-order valence-corrected chi connectivity index (χ0v) is 16.7. The molecule has 1 aliphatic heterocycles. The van der Waals surface area contributed by atoms with E-state index in [1.165, 1.54) is 27.9 Å². The van der Waals surface area contributed by atoms with Crippen LogP contribution in [-0.4, -0.2) is 43.8 Å². The van der Waals surface area contributed by atoms with Crippen molar-refractivity contribution in [2.75, 3.05) is 13.1 Å². The summed E-state index contributed by atoms with van der Waals surface area (Å²) in [6, 6.07) is 7.78. The Kier molecular flexibility index (Phi) is 4.51. The van der Waals surface area contributed by atoms with Crippen LogP contribution in [0.2, 0.25) is 0 Å². The second-order valence-corrected chi connectivity index (χ2v) is 8.47. The number of rotatable bonds is 3. The number of hydrogen-bond donors (Lipinski definition) is 1. The van der Waals surface area contributed by atoms with Crippen LogP contribution in [0.1, 0.15) is 34.8 Å². The minimum atomic E-state index is -4.56. The van der Waals surface area contributed by atoms with Crippen LogP contribution < -0.4 is 0 Å². The summed E-state index contributed by atoms with van der Waals surface area (Å²) in [5.74, 6) is -1.42. The van der Waals surface area contributed by atoms with Gasteiger partial charge < -0.3 is 10.0 Å². The zero-order valence-electron chi connectivity index (χ0n) is 16.7. The van der Waals surface area contributed by atoms with E-state index in [0.717, 1.165) is 18.3 Å². The van der Waals surface area contributed by atoms with E-state index >= 15 is 0 Å². The number of phenolic OH excluding ortho intramolecular Hbond substituents is 1. The van der Waals surface area contributed by atoms with Crippen molar-refractivity contribution in [1.82, 2.24) is 19.7 Å². The molecule has 1 aromatic carbocycles. The van der Waals surface area contributed by atoms with Crippen molar-refractivity contribution in [2.24, 2.45) is 5.41 Å². The summed E-state index contributed by atoms with van der Waals surface area (Å²) in [4.78, 5) is 18.0. The molecule has 1 spiro atoms. The SMILES string of the molecule is O=C(c1cc(O)ccc1F)N1CC2(CC(n3cc(C(F)(F)F)c(-c4ccccn4)n3)C2)C1. The standard InChI is InChI=1S/C22H18F4N4O2/c23-17-5-4-14(31)7-15(17)20(32)29-11-21(12-29)8-13(9-21)30-10-16(22(24,25)26)19(28-30)18-3-1-2-6-27-18/h1-7,10,13,31H,8-9,11-12H2. The number of hydrogen-bond acceptors (Lipinski definition) is 4. The maximum atomic E-state index is 13.9. The number of alkyl halides is 3. The molecule has 3 aromatic rings. The highest BCUT2D eigenvalue weighted by Crippen LogP contribution is 2.54. The van der Waals surface area contributed by atoms with E-state index in [1.807, 2.05) is 0 Å². The Labute approximate surface area is 180 Å². The fourth-order valence-electron chi connectivity index (χ4n) is 4.62. The van der Waals surface area contributed by atoms with Gasteiger partial charge in [0.2, 0.25) is 0 Å². The molecule has 2 aliphatic rings. The highest BCUT2D eigenvalue weighted by atomic mass is 19.4. The van der Waals surface area contributed by atoms with Crippen molar-refractivity contribution in [3.8, 4) is 17.1 Å². The average molecular weight is 446 g/mol. The van der Waals surface area contributed by atoms with Gasteiger partial charge in [0.05, 0.1) is 17.3 Å². The number of benzene rings is 1. The first-order valence-corrected chi connectivity index (χ1v) is 10.0. The predicted molar refractivity (Wildman–Crippen MR) is 105 cm³/mol. The third-order valence-corrected chi connectivity index (χ3v) is 6.18. The van der Waals surface area contributed by atoms with Crippen LogP contribution in [0.15, 0.2) is 48.8 Å². The molecule has 3 heterocycles. The number of aromatic hydroxyl groups is 1. The van der Waals surface area contributed by atoms with E-state index in [1.54, 1.807) is 12.1 Å². The maximum absolute atomic E-state index is 13.9. The number of carbonyl (C=O) groups excluding carboxylic acids is 1. The Morgan fingerprint density at radius 2 is 1.91 bits per heavy atom. The summed E-state index contributed by atoms with van der Waals surface area (Å²) >= 11 is 0. The summed E-state index contributed by atoms with van der Waals surface area (Å²) in [5.41, 5.74) is -1.28. The van der Waals surface area contributed by atoms with E-state index in [-0.39, 0.29) is 34.2 Å². The van der Waals surface area contributed by atoms with Gasteiger partial charge in [-0.2, -0.15) is 18.3 Å². The minimum Gasteiger partial charge on any atom is -0.508 e. The number of carbonyl (C=O) groups is 1. The first-order valence-electron chi connectivity index (χ1n) is 10.0. The van der Waals surface area contributed by atoms with E-state index in [4.69, 9.17) is 0 Å². The molecular weight excluding hydrogens is 428 g/mol. The van der Waals surface area contributed by atoms with Crippen molar-refractivity contribution < 1.29 is 27.5 Å². The van der Waals surface area contributed by atoms with Gasteiger partial charge in [0.1, 0.15) is 22.8 Å². The first-order chi connectivity index (χ1) is 15.2. The molecule has 2 fully saturated rings. The van der Waals surface area contributed by atoms with Crippen LogP contribution in [0.3, 0.4) is 0 Å². The summed E-state index contributed by atoms with van der Waals surface area (Å²) in [6.07, 6.45) is -0.981. The van der Waals surface area contributed by atoms with Gasteiger partial charge in [0.25, 0.3) is 5.91 Å². The Morgan fingerprint density at radius 3 is 2.56 bits per heavy atom. The predicted octanol–water partition coefficient (Wildman–Crippen LogP) is 4.29. The number of halogens is 4. The van der Waals surface area contributed by atoms with Crippen molar-refractivity contribution in [3.05, 3.63) is 65.7 Å². The zero-order chi connectivity index (χ0) is 22.7. The van der Waals surface area contributed by atoms with E-state index < -0.39 is 23.5 Å². The second-order valence-electron chi connectivity index (χ2n) is 8.47.